The molecule has 1 aliphatic heterocycles. The number of amides is 3. The number of non-ortho nitro benzene ring substituents is 2. The van der Waals surface area contributed by atoms with Crippen molar-refractivity contribution in [3.05, 3.63) is 79.9 Å². The molecule has 184 valence electrons. The van der Waals surface area contributed by atoms with E-state index < -0.39 is 51.7 Å². The average Bonchev–Trinajstić information content (AvgIpc) is 3.56. The molecule has 2 saturated carbocycles. The predicted molar refractivity (Wildman–Crippen MR) is 121 cm³/mol. The van der Waals surface area contributed by atoms with Crippen LogP contribution in [0.1, 0.15) is 40.0 Å². The van der Waals surface area contributed by atoms with Gasteiger partial charge in [-0.2, -0.15) is 5.01 Å². The summed E-state index contributed by atoms with van der Waals surface area (Å²) < 4.78 is 0. The molecule has 2 aromatic rings. The summed E-state index contributed by atoms with van der Waals surface area (Å²) in [4.78, 5) is 74.5. The van der Waals surface area contributed by atoms with Gasteiger partial charge in [0.05, 0.1) is 21.7 Å². The predicted octanol–water partition coefficient (Wildman–Crippen LogP) is 2.77. The third-order valence-electron chi connectivity index (χ3n) is 7.36. The van der Waals surface area contributed by atoms with E-state index in [-0.39, 0.29) is 34.3 Å². The van der Waals surface area contributed by atoms with E-state index in [0.29, 0.717) is 0 Å². The van der Waals surface area contributed by atoms with Crippen molar-refractivity contribution < 1.29 is 29.0 Å². The molecule has 2 bridgehead atoms. The van der Waals surface area contributed by atoms with E-state index in [1.807, 2.05) is 0 Å². The van der Waals surface area contributed by atoms with Gasteiger partial charge in [0.25, 0.3) is 29.1 Å². The summed E-state index contributed by atoms with van der Waals surface area (Å²) in [5, 5.41) is 23.8. The maximum Gasteiger partial charge on any atom is 0.273 e. The number of nitro benzene ring substituents is 2. The fourth-order valence-corrected chi connectivity index (χ4v) is 5.79. The van der Waals surface area contributed by atoms with Gasteiger partial charge in [-0.15, -0.1) is 0 Å². The van der Waals surface area contributed by atoms with Crippen LogP contribution in [-0.4, -0.2) is 49.9 Å². The van der Waals surface area contributed by atoms with E-state index in [1.54, 1.807) is 0 Å². The first kappa shape index (κ1) is 23.3. The average molecular weight is 492 g/mol. The molecule has 2 aromatic carbocycles. The number of fused-ring (bicyclic) bond motifs is 5. The molecular weight excluding hydrogens is 472 g/mol. The van der Waals surface area contributed by atoms with Gasteiger partial charge in [-0.25, -0.2) is 5.01 Å². The van der Waals surface area contributed by atoms with Crippen molar-refractivity contribution in [3.8, 4) is 0 Å². The van der Waals surface area contributed by atoms with Gasteiger partial charge in [0.2, 0.25) is 0 Å². The quantitative estimate of drug-likeness (QED) is 0.247. The zero-order valence-electron chi connectivity index (χ0n) is 18.8. The molecule has 0 radical (unpaired) electrons. The van der Waals surface area contributed by atoms with Crippen LogP contribution in [0.4, 0.5) is 11.4 Å². The maximum atomic E-state index is 13.5. The molecule has 3 aliphatic rings. The Balaban J connectivity index is 1.52. The number of imide groups is 1. The highest BCUT2D eigenvalue weighted by atomic mass is 16.6. The maximum absolute atomic E-state index is 13.5. The zero-order valence-corrected chi connectivity index (χ0v) is 18.8. The van der Waals surface area contributed by atoms with Crippen LogP contribution in [0.5, 0.6) is 0 Å². The SMILES string of the molecule is O=C(CN(C(=O)c1cccc([N+](=O)[O-])c1)N1C(=O)[C@@H]2[C@H]3CC[C@@H](C3)[C@@H]2C1=O)c1cccc([N+](=O)[O-])c1. The smallest absolute Gasteiger partial charge is 0.273 e. The lowest BCUT2D eigenvalue weighted by Gasteiger charge is -2.30. The van der Waals surface area contributed by atoms with Crippen molar-refractivity contribution in [1.29, 1.82) is 0 Å². The van der Waals surface area contributed by atoms with E-state index in [1.165, 1.54) is 36.4 Å². The summed E-state index contributed by atoms with van der Waals surface area (Å²) in [6, 6.07) is 9.64. The molecule has 2 aliphatic carbocycles. The second kappa shape index (κ2) is 8.63. The molecule has 3 fully saturated rings. The third kappa shape index (κ3) is 3.70. The van der Waals surface area contributed by atoms with Crippen molar-refractivity contribution >= 4 is 34.9 Å². The number of carbonyl (C=O) groups is 4. The van der Waals surface area contributed by atoms with Gasteiger partial charge in [0.1, 0.15) is 6.54 Å². The fraction of sp³-hybridized carbons (Fsp3) is 0.333. The lowest BCUT2D eigenvalue weighted by atomic mass is 9.81. The molecule has 12 nitrogen and oxygen atoms in total. The molecule has 1 saturated heterocycles. The number of nitro groups is 2. The molecule has 0 N–H and O–H groups in total. The van der Waals surface area contributed by atoms with Gasteiger partial charge >= 0.3 is 0 Å². The van der Waals surface area contributed by atoms with Gasteiger partial charge < -0.3 is 0 Å². The normalized spacial score (nSPS) is 24.1. The Hall–Kier alpha value is -4.48. The summed E-state index contributed by atoms with van der Waals surface area (Å²) in [6.07, 6.45) is 2.39. The summed E-state index contributed by atoms with van der Waals surface area (Å²) in [6.45, 7) is -0.755. The highest BCUT2D eigenvalue weighted by Gasteiger charge is 2.62. The van der Waals surface area contributed by atoms with E-state index in [9.17, 15) is 39.4 Å². The molecule has 0 unspecified atom stereocenters. The van der Waals surface area contributed by atoms with Gasteiger partial charge in [0, 0.05) is 35.4 Å². The van der Waals surface area contributed by atoms with Crippen LogP contribution < -0.4 is 0 Å². The van der Waals surface area contributed by atoms with E-state index in [0.717, 1.165) is 41.4 Å². The van der Waals surface area contributed by atoms with Crippen LogP contribution in [0.15, 0.2) is 48.5 Å². The minimum atomic E-state index is -0.938. The fourth-order valence-electron chi connectivity index (χ4n) is 5.79. The highest BCUT2D eigenvalue weighted by Crippen LogP contribution is 2.56. The first-order chi connectivity index (χ1) is 17.2. The molecule has 0 aromatic heterocycles. The summed E-state index contributed by atoms with van der Waals surface area (Å²) in [7, 11) is 0. The first-order valence-corrected chi connectivity index (χ1v) is 11.4. The standard InChI is InChI=1S/C24H20N4O8/c29-19(13-3-1-5-17(10-13)27(33)34)12-25(22(30)16-4-2-6-18(11-16)28(35)36)26-23(31)20-14-7-8-15(9-14)21(20)24(26)32/h1-6,10-11,14-15,20-21H,7-9,12H2/t14-,15-,20-,21+/m0/s1. The molecule has 5 rings (SSSR count). The van der Waals surface area contributed by atoms with Crippen LogP contribution in [-0.2, 0) is 9.59 Å². The van der Waals surface area contributed by atoms with Gasteiger partial charge in [-0.05, 0) is 37.2 Å². The molecule has 3 amide bonds. The summed E-state index contributed by atoms with van der Waals surface area (Å²) in [5.74, 6) is -3.88. The van der Waals surface area contributed by atoms with E-state index in [2.05, 4.69) is 0 Å². The minimum Gasteiger partial charge on any atom is -0.292 e. The van der Waals surface area contributed by atoms with Crippen molar-refractivity contribution in [1.82, 2.24) is 10.0 Å². The molecule has 1 heterocycles. The van der Waals surface area contributed by atoms with Crippen molar-refractivity contribution in [3.63, 3.8) is 0 Å². The van der Waals surface area contributed by atoms with Crippen molar-refractivity contribution in [2.75, 3.05) is 6.54 Å². The Morgan fingerprint density at radius 3 is 1.89 bits per heavy atom. The second-order valence-electron chi connectivity index (χ2n) is 9.27. The number of hydrazine groups is 1. The van der Waals surface area contributed by atoms with Gasteiger partial charge in [-0.1, -0.05) is 18.2 Å². The molecule has 12 heteroatoms. The Morgan fingerprint density at radius 2 is 1.36 bits per heavy atom. The minimum absolute atomic E-state index is 0.0312. The number of hydrogen-bond acceptors (Lipinski definition) is 8. The third-order valence-corrected chi connectivity index (χ3v) is 7.36. The lowest BCUT2D eigenvalue weighted by molar-refractivity contribution is -0.385. The topological polar surface area (TPSA) is 161 Å². The largest absolute Gasteiger partial charge is 0.292 e. The Bertz CT molecular complexity index is 1310. The number of carbonyl (C=O) groups excluding carboxylic acids is 4. The van der Waals surface area contributed by atoms with Gasteiger partial charge in [-0.3, -0.25) is 39.4 Å². The number of Topliss-reactive ketones (excluding diaryl/α,β-unsaturated/α-hetero) is 1. The molecule has 4 atom stereocenters. The molecular formula is C24H20N4O8. The van der Waals surface area contributed by atoms with Crippen LogP contribution in [0, 0.1) is 43.9 Å². The van der Waals surface area contributed by atoms with E-state index >= 15 is 0 Å². The zero-order chi connectivity index (χ0) is 25.7. The number of rotatable bonds is 7. The Kier molecular flexibility index (Phi) is 5.58. The van der Waals surface area contributed by atoms with Crippen LogP contribution in [0.2, 0.25) is 0 Å². The molecule has 36 heavy (non-hydrogen) atoms. The second-order valence-corrected chi connectivity index (χ2v) is 9.27. The van der Waals surface area contributed by atoms with Crippen LogP contribution >= 0.6 is 0 Å². The summed E-state index contributed by atoms with van der Waals surface area (Å²) in [5.41, 5.74) is -0.978. The van der Waals surface area contributed by atoms with Gasteiger partial charge in [0.15, 0.2) is 5.78 Å². The lowest BCUT2D eigenvalue weighted by Crippen LogP contribution is -2.52. The van der Waals surface area contributed by atoms with Crippen molar-refractivity contribution in [2.24, 2.45) is 23.7 Å². The Morgan fingerprint density at radius 1 is 0.861 bits per heavy atom. The van der Waals surface area contributed by atoms with Crippen LogP contribution in [0.3, 0.4) is 0 Å². The number of nitrogens with zero attached hydrogens (tertiary/aromatic N) is 4. The number of hydrogen-bond donors (Lipinski definition) is 0. The monoisotopic (exact) mass is 492 g/mol. The Labute approximate surface area is 203 Å². The molecule has 0 spiro atoms. The number of benzene rings is 2. The first-order valence-electron chi connectivity index (χ1n) is 11.4. The van der Waals surface area contributed by atoms with Crippen molar-refractivity contribution in [2.45, 2.75) is 19.3 Å². The summed E-state index contributed by atoms with van der Waals surface area (Å²) >= 11 is 0. The number of ketones is 1. The highest BCUT2D eigenvalue weighted by molar-refractivity contribution is 6.10. The van der Waals surface area contributed by atoms with E-state index in [4.69, 9.17) is 0 Å². The van der Waals surface area contributed by atoms with Crippen LogP contribution in [0.25, 0.3) is 0 Å².